The van der Waals surface area contributed by atoms with Crippen molar-refractivity contribution in [2.24, 2.45) is 0 Å². The lowest BCUT2D eigenvalue weighted by Crippen LogP contribution is -2.49. The number of amides is 2. The maximum absolute atomic E-state index is 13.4. The molecule has 0 aliphatic carbocycles. The molecule has 2 fully saturated rings. The molecule has 0 spiro atoms. The molecule has 1 atom stereocenters. The Kier molecular flexibility index (Phi) is 7.16. The van der Waals surface area contributed by atoms with Gasteiger partial charge in [0.25, 0.3) is 5.91 Å². The van der Waals surface area contributed by atoms with Crippen molar-refractivity contribution in [2.45, 2.75) is 31.3 Å². The molecule has 11 heteroatoms. The predicted octanol–water partition coefficient (Wildman–Crippen LogP) is 3.10. The molecule has 33 heavy (non-hydrogen) atoms. The van der Waals surface area contributed by atoms with Gasteiger partial charge in [0.1, 0.15) is 11.7 Å². The number of rotatable bonds is 6. The first-order valence-electron chi connectivity index (χ1n) is 10.8. The zero-order valence-corrected chi connectivity index (χ0v) is 19.7. The Labute approximate surface area is 200 Å². The molecule has 0 radical (unpaired) electrons. The summed E-state index contributed by atoms with van der Waals surface area (Å²) in [5, 5.41) is 20.9. The monoisotopic (exact) mass is 492 g/mol. The van der Waals surface area contributed by atoms with Crippen LogP contribution in [0.15, 0.2) is 24.3 Å². The molecule has 1 unspecified atom stereocenters. The summed E-state index contributed by atoms with van der Waals surface area (Å²) in [5.41, 5.74) is 1.02. The number of halogens is 2. The number of nitrogens with one attached hydrogen (secondary N) is 5. The largest absolute Gasteiger partial charge is 0.379 e. The second-order valence-corrected chi connectivity index (χ2v) is 9.57. The molecule has 4 rings (SSSR count). The highest BCUT2D eigenvalue weighted by Gasteiger charge is 2.33. The number of likely N-dealkylation sites (tertiary alicyclic amines) is 1. The first-order chi connectivity index (χ1) is 15.9. The lowest BCUT2D eigenvalue weighted by molar-refractivity contribution is -0.124. The van der Waals surface area contributed by atoms with Crippen LogP contribution in [0.4, 0.5) is 15.1 Å². The molecule has 176 valence electrons. The molecule has 1 aromatic carbocycles. The van der Waals surface area contributed by atoms with Gasteiger partial charge in [-0.15, -0.1) is 11.3 Å². The minimum atomic E-state index is -0.531. The highest BCUT2D eigenvalue weighted by atomic mass is 35.5. The van der Waals surface area contributed by atoms with Crippen LogP contribution in [-0.4, -0.2) is 61.3 Å². The van der Waals surface area contributed by atoms with E-state index in [1.807, 2.05) is 0 Å². The van der Waals surface area contributed by atoms with Crippen molar-refractivity contribution < 1.29 is 14.0 Å². The summed E-state index contributed by atoms with van der Waals surface area (Å²) in [6.07, 6.45) is 2.41. The Bertz CT molecular complexity index is 1070. The number of nitrogens with zero attached hydrogens (tertiary/aromatic N) is 1. The van der Waals surface area contributed by atoms with E-state index < -0.39 is 5.82 Å². The number of thiophene rings is 1. The van der Waals surface area contributed by atoms with E-state index in [4.69, 9.17) is 17.0 Å². The van der Waals surface area contributed by atoms with Gasteiger partial charge in [0.15, 0.2) is 0 Å². The lowest BCUT2D eigenvalue weighted by Gasteiger charge is -2.34. The minimum absolute atomic E-state index is 0.0355. The average molecular weight is 493 g/mol. The maximum Gasteiger partial charge on any atom is 0.261 e. The van der Waals surface area contributed by atoms with E-state index in [1.54, 1.807) is 13.1 Å². The van der Waals surface area contributed by atoms with Crippen molar-refractivity contribution in [1.82, 2.24) is 15.5 Å². The highest BCUT2D eigenvalue weighted by Crippen LogP contribution is 2.29. The first kappa shape index (κ1) is 23.5. The summed E-state index contributed by atoms with van der Waals surface area (Å²) < 4.78 is 13.4. The number of anilines is 2. The van der Waals surface area contributed by atoms with Crippen LogP contribution < -0.4 is 21.3 Å². The highest BCUT2D eigenvalue weighted by molar-refractivity contribution is 7.18. The van der Waals surface area contributed by atoms with Crippen molar-refractivity contribution in [2.75, 3.05) is 37.3 Å². The molecular weight excluding hydrogens is 467 g/mol. The summed E-state index contributed by atoms with van der Waals surface area (Å²) in [5.74, 6) is -0.545. The van der Waals surface area contributed by atoms with Crippen LogP contribution >= 0.6 is 22.9 Å². The van der Waals surface area contributed by atoms with Gasteiger partial charge in [0.2, 0.25) is 5.91 Å². The van der Waals surface area contributed by atoms with E-state index in [0.29, 0.717) is 21.1 Å². The number of carbonyl (C=O) groups excluding carboxylic acids is 2. The number of benzene rings is 1. The second kappa shape index (κ2) is 10.1. The van der Waals surface area contributed by atoms with Crippen LogP contribution in [0.5, 0.6) is 0 Å². The molecule has 5 N–H and O–H groups in total. The van der Waals surface area contributed by atoms with Crippen LogP contribution in [0.3, 0.4) is 0 Å². The van der Waals surface area contributed by atoms with Gasteiger partial charge in [-0.25, -0.2) is 4.39 Å². The lowest BCUT2D eigenvalue weighted by atomic mass is 10.0. The normalized spacial score (nSPS) is 19.2. The average Bonchev–Trinajstić information content (AvgIpc) is 3.43. The van der Waals surface area contributed by atoms with Gasteiger partial charge in [-0.3, -0.25) is 19.9 Å². The molecule has 1 aromatic heterocycles. The molecule has 2 aliphatic heterocycles. The van der Waals surface area contributed by atoms with Gasteiger partial charge in [0, 0.05) is 38.4 Å². The zero-order chi connectivity index (χ0) is 23.5. The molecular formula is C22H26ClFN6O2S. The van der Waals surface area contributed by atoms with Gasteiger partial charge >= 0.3 is 0 Å². The molecule has 8 nitrogen and oxygen atoms in total. The summed E-state index contributed by atoms with van der Waals surface area (Å²) in [6, 6.07) is 5.80. The Balaban J connectivity index is 1.37. The predicted molar refractivity (Wildman–Crippen MR) is 129 cm³/mol. The fraction of sp³-hybridized carbons (Fsp3) is 0.409. The van der Waals surface area contributed by atoms with E-state index in [9.17, 15) is 14.0 Å². The van der Waals surface area contributed by atoms with Gasteiger partial charge < -0.3 is 21.3 Å². The summed E-state index contributed by atoms with van der Waals surface area (Å²) >= 11 is 7.09. The molecule has 0 bridgehead atoms. The van der Waals surface area contributed by atoms with Gasteiger partial charge in [-0.1, -0.05) is 11.6 Å². The van der Waals surface area contributed by atoms with Crippen LogP contribution in [0, 0.1) is 11.2 Å². The van der Waals surface area contributed by atoms with Crippen LogP contribution in [0.2, 0.25) is 5.02 Å². The smallest absolute Gasteiger partial charge is 0.261 e. The third-order valence-corrected chi connectivity index (χ3v) is 7.41. The number of amidine groups is 1. The van der Waals surface area contributed by atoms with Gasteiger partial charge in [0.05, 0.1) is 26.5 Å². The van der Waals surface area contributed by atoms with Gasteiger partial charge in [-0.2, -0.15) is 0 Å². The quantitative estimate of drug-likeness (QED) is 0.314. The number of piperidine rings is 1. The Morgan fingerprint density at radius 2 is 2.03 bits per heavy atom. The fourth-order valence-electron chi connectivity index (χ4n) is 4.20. The van der Waals surface area contributed by atoms with E-state index >= 15 is 0 Å². The van der Waals surface area contributed by atoms with Crippen molar-refractivity contribution in [3.63, 3.8) is 0 Å². The Hall–Kier alpha value is -2.69. The molecule has 2 saturated heterocycles. The van der Waals surface area contributed by atoms with Crippen molar-refractivity contribution in [1.29, 1.82) is 5.41 Å². The van der Waals surface area contributed by atoms with E-state index in [-0.39, 0.29) is 34.8 Å². The summed E-state index contributed by atoms with van der Waals surface area (Å²) in [7, 11) is 1.73. The molecule has 2 aliphatic rings. The van der Waals surface area contributed by atoms with Crippen LogP contribution in [-0.2, 0) is 4.79 Å². The zero-order valence-electron chi connectivity index (χ0n) is 18.1. The number of hydrogen-bond donors (Lipinski definition) is 5. The van der Waals surface area contributed by atoms with Crippen molar-refractivity contribution in [3.8, 4) is 0 Å². The van der Waals surface area contributed by atoms with E-state index in [0.717, 1.165) is 38.9 Å². The Morgan fingerprint density at radius 3 is 2.67 bits per heavy atom. The van der Waals surface area contributed by atoms with Crippen molar-refractivity contribution >= 4 is 51.3 Å². The third-order valence-electron chi connectivity index (χ3n) is 5.97. The SMILES string of the molecule is CNc1sc(C(=O)NC2CCN(C3CCNC3=O)CC2)cc1C(=N)Nc1ccc(F)c(Cl)c1. The number of hydrogen-bond acceptors (Lipinski definition) is 6. The van der Waals surface area contributed by atoms with Crippen LogP contribution in [0.25, 0.3) is 0 Å². The number of carbonyl (C=O) groups is 2. The molecule has 2 amide bonds. The molecule has 3 heterocycles. The van der Waals surface area contributed by atoms with E-state index in [2.05, 4.69) is 26.2 Å². The maximum atomic E-state index is 13.4. The molecule has 0 saturated carbocycles. The second-order valence-electron chi connectivity index (χ2n) is 8.11. The van der Waals surface area contributed by atoms with Crippen LogP contribution in [0.1, 0.15) is 34.5 Å². The Morgan fingerprint density at radius 1 is 1.27 bits per heavy atom. The standard InChI is InChI=1S/C22H26ClFN6O2S/c1-26-22-14(19(25)28-13-2-3-16(24)15(23)10-13)11-18(33-22)21(32)29-12-5-8-30(9-6-12)17-4-7-27-20(17)31/h2-3,10-12,17,26H,4-9H2,1H3,(H2,25,28)(H,27,31)(H,29,32). The third kappa shape index (κ3) is 5.29. The first-order valence-corrected chi connectivity index (χ1v) is 12.0. The van der Waals surface area contributed by atoms with E-state index in [1.165, 1.54) is 29.5 Å². The fourth-order valence-corrected chi connectivity index (χ4v) is 5.30. The topological polar surface area (TPSA) is 109 Å². The van der Waals surface area contributed by atoms with Crippen molar-refractivity contribution in [3.05, 3.63) is 45.5 Å². The molecule has 2 aromatic rings. The summed E-state index contributed by atoms with van der Waals surface area (Å²) in [6.45, 7) is 2.28. The summed E-state index contributed by atoms with van der Waals surface area (Å²) in [4.78, 5) is 27.5. The van der Waals surface area contributed by atoms with Gasteiger partial charge in [-0.05, 0) is 43.5 Å². The minimum Gasteiger partial charge on any atom is -0.379 e.